The molecule has 1 aromatic rings. The van der Waals surface area contributed by atoms with Crippen LogP contribution in [-0.2, 0) is 4.79 Å². The molecule has 1 aliphatic rings. The lowest BCUT2D eigenvalue weighted by molar-refractivity contribution is -0.384. The molecule has 6 heteroatoms. The van der Waals surface area contributed by atoms with Crippen LogP contribution in [0.2, 0.25) is 0 Å². The van der Waals surface area contributed by atoms with Gasteiger partial charge in [-0.25, -0.2) is 0 Å². The number of hydrogen-bond donors (Lipinski definition) is 1. The highest BCUT2D eigenvalue weighted by Gasteiger charge is 2.27. The molecule has 1 N–H and O–H groups in total. The Hall–Kier alpha value is -1.95. The number of hydrogen-bond acceptors (Lipinski definition) is 4. The molecule has 1 amide bonds. The van der Waals surface area contributed by atoms with Crippen molar-refractivity contribution in [3.05, 3.63) is 34.4 Å². The number of non-ortho nitro benzene ring substituents is 1. The van der Waals surface area contributed by atoms with Crippen LogP contribution < -0.4 is 4.90 Å². The first-order valence-electron chi connectivity index (χ1n) is 5.33. The lowest BCUT2D eigenvalue weighted by atomic mass is 10.1. The third kappa shape index (κ3) is 2.26. The topological polar surface area (TPSA) is 83.7 Å². The van der Waals surface area contributed by atoms with E-state index in [4.69, 9.17) is 0 Å². The third-order valence-electron chi connectivity index (χ3n) is 2.78. The van der Waals surface area contributed by atoms with Crippen molar-refractivity contribution in [3.63, 3.8) is 0 Å². The minimum Gasteiger partial charge on any atom is -0.383 e. The van der Waals surface area contributed by atoms with Gasteiger partial charge in [0.15, 0.2) is 0 Å². The lowest BCUT2D eigenvalue weighted by Gasteiger charge is -2.29. The molecular weight excluding hydrogens is 224 g/mol. The van der Waals surface area contributed by atoms with Crippen molar-refractivity contribution in [2.45, 2.75) is 18.9 Å². The van der Waals surface area contributed by atoms with Gasteiger partial charge in [0.25, 0.3) is 11.6 Å². The van der Waals surface area contributed by atoms with Crippen LogP contribution in [0.15, 0.2) is 24.3 Å². The number of nitro benzene ring substituents is 1. The Bertz CT molecular complexity index is 443. The van der Waals surface area contributed by atoms with E-state index in [0.717, 1.165) is 6.42 Å². The summed E-state index contributed by atoms with van der Waals surface area (Å²) >= 11 is 0. The van der Waals surface area contributed by atoms with Crippen LogP contribution in [0.1, 0.15) is 12.8 Å². The number of benzene rings is 1. The lowest BCUT2D eigenvalue weighted by Crippen LogP contribution is -2.44. The number of piperidine rings is 1. The molecular formula is C11H12N2O4. The molecule has 2 rings (SSSR count). The van der Waals surface area contributed by atoms with Gasteiger partial charge in [-0.15, -0.1) is 0 Å². The largest absolute Gasteiger partial charge is 0.383 e. The Morgan fingerprint density at radius 3 is 2.59 bits per heavy atom. The highest BCUT2D eigenvalue weighted by Crippen LogP contribution is 2.23. The van der Waals surface area contributed by atoms with Crippen molar-refractivity contribution in [1.29, 1.82) is 0 Å². The Kier molecular flexibility index (Phi) is 3.06. The van der Waals surface area contributed by atoms with E-state index in [1.165, 1.54) is 29.2 Å². The number of aliphatic hydroxyl groups is 1. The fourth-order valence-electron chi connectivity index (χ4n) is 1.87. The van der Waals surface area contributed by atoms with Crippen LogP contribution in [0.25, 0.3) is 0 Å². The summed E-state index contributed by atoms with van der Waals surface area (Å²) in [6.45, 7) is 0.535. The first-order chi connectivity index (χ1) is 8.09. The van der Waals surface area contributed by atoms with Gasteiger partial charge in [0.1, 0.15) is 6.10 Å². The van der Waals surface area contributed by atoms with Gasteiger partial charge in [-0.3, -0.25) is 14.9 Å². The van der Waals surface area contributed by atoms with Crippen LogP contribution in [0, 0.1) is 10.1 Å². The molecule has 0 bridgehead atoms. The average Bonchev–Trinajstić information content (AvgIpc) is 2.33. The fourth-order valence-corrected chi connectivity index (χ4v) is 1.87. The summed E-state index contributed by atoms with van der Waals surface area (Å²) in [4.78, 5) is 23.1. The van der Waals surface area contributed by atoms with Crippen LogP contribution in [-0.4, -0.2) is 28.6 Å². The number of amides is 1. The molecule has 0 radical (unpaired) electrons. The maximum absolute atomic E-state index is 11.7. The van der Waals surface area contributed by atoms with Crippen LogP contribution in [0.4, 0.5) is 11.4 Å². The Morgan fingerprint density at radius 2 is 2.00 bits per heavy atom. The highest BCUT2D eigenvalue weighted by atomic mass is 16.6. The van der Waals surface area contributed by atoms with Crippen molar-refractivity contribution < 1.29 is 14.8 Å². The maximum Gasteiger partial charge on any atom is 0.269 e. The summed E-state index contributed by atoms with van der Waals surface area (Å²) < 4.78 is 0. The number of carbonyl (C=O) groups is 1. The standard InChI is InChI=1S/C11H12N2O4/c14-10-2-1-7-12(11(10)15)8-3-5-9(6-4-8)13(16)17/h3-6,10,14H,1-2,7H2. The molecule has 6 nitrogen and oxygen atoms in total. The molecule has 17 heavy (non-hydrogen) atoms. The predicted molar refractivity (Wildman–Crippen MR) is 60.7 cm³/mol. The number of nitrogens with zero attached hydrogens (tertiary/aromatic N) is 2. The van der Waals surface area contributed by atoms with E-state index in [1.54, 1.807) is 0 Å². The van der Waals surface area contributed by atoms with Gasteiger partial charge >= 0.3 is 0 Å². The van der Waals surface area contributed by atoms with E-state index in [-0.39, 0.29) is 11.6 Å². The first-order valence-corrected chi connectivity index (χ1v) is 5.33. The van der Waals surface area contributed by atoms with E-state index in [9.17, 15) is 20.0 Å². The van der Waals surface area contributed by atoms with Crippen molar-refractivity contribution in [3.8, 4) is 0 Å². The molecule has 1 aliphatic heterocycles. The summed E-state index contributed by atoms with van der Waals surface area (Å²) in [6.07, 6.45) is 0.241. The van der Waals surface area contributed by atoms with Gasteiger partial charge in [0, 0.05) is 24.4 Å². The number of carbonyl (C=O) groups excluding carboxylic acids is 1. The van der Waals surface area contributed by atoms with Crippen LogP contribution in [0.3, 0.4) is 0 Å². The molecule has 0 saturated carbocycles. The van der Waals surface area contributed by atoms with Gasteiger partial charge in [0.2, 0.25) is 0 Å². The fraction of sp³-hybridized carbons (Fsp3) is 0.364. The SMILES string of the molecule is O=C1C(O)CCCN1c1ccc([N+](=O)[O-])cc1. The normalized spacial score (nSPS) is 20.4. The van der Waals surface area contributed by atoms with Crippen molar-refractivity contribution in [1.82, 2.24) is 0 Å². The second kappa shape index (κ2) is 4.50. The molecule has 1 saturated heterocycles. The second-order valence-corrected chi connectivity index (χ2v) is 3.92. The molecule has 0 aromatic heterocycles. The number of anilines is 1. The maximum atomic E-state index is 11.7. The molecule has 1 fully saturated rings. The number of rotatable bonds is 2. The third-order valence-corrected chi connectivity index (χ3v) is 2.78. The number of nitro groups is 1. The smallest absolute Gasteiger partial charge is 0.269 e. The minimum absolute atomic E-state index is 0.0150. The first kappa shape index (κ1) is 11.5. The summed E-state index contributed by atoms with van der Waals surface area (Å²) in [6, 6.07) is 5.75. The Labute approximate surface area is 97.6 Å². The van der Waals surface area contributed by atoms with Crippen molar-refractivity contribution in [2.75, 3.05) is 11.4 Å². The average molecular weight is 236 g/mol. The van der Waals surface area contributed by atoms with E-state index in [1.807, 2.05) is 0 Å². The monoisotopic (exact) mass is 236 g/mol. The quantitative estimate of drug-likeness (QED) is 0.615. The van der Waals surface area contributed by atoms with E-state index in [0.29, 0.717) is 18.7 Å². The van der Waals surface area contributed by atoms with Crippen molar-refractivity contribution in [2.24, 2.45) is 0 Å². The van der Waals surface area contributed by atoms with Gasteiger partial charge < -0.3 is 10.0 Å². The zero-order chi connectivity index (χ0) is 12.4. The Morgan fingerprint density at radius 1 is 1.35 bits per heavy atom. The predicted octanol–water partition coefficient (Wildman–Crippen LogP) is 1.08. The van der Waals surface area contributed by atoms with Gasteiger partial charge in [-0.1, -0.05) is 0 Å². The molecule has 0 spiro atoms. The minimum atomic E-state index is -0.959. The summed E-state index contributed by atoms with van der Waals surface area (Å²) in [5.41, 5.74) is 0.568. The zero-order valence-corrected chi connectivity index (χ0v) is 9.07. The Balaban J connectivity index is 2.22. The zero-order valence-electron chi connectivity index (χ0n) is 9.07. The molecule has 1 atom stereocenters. The number of aliphatic hydroxyl groups excluding tert-OH is 1. The summed E-state index contributed by atoms with van der Waals surface area (Å²) in [7, 11) is 0. The van der Waals surface area contributed by atoms with Gasteiger partial charge in [-0.2, -0.15) is 0 Å². The summed E-state index contributed by atoms with van der Waals surface area (Å²) in [5, 5.41) is 19.9. The molecule has 0 aliphatic carbocycles. The molecule has 1 heterocycles. The van der Waals surface area contributed by atoms with Gasteiger partial charge in [0.05, 0.1) is 4.92 Å². The molecule has 1 aromatic carbocycles. The van der Waals surface area contributed by atoms with E-state index >= 15 is 0 Å². The second-order valence-electron chi connectivity index (χ2n) is 3.92. The highest BCUT2D eigenvalue weighted by molar-refractivity contribution is 5.97. The van der Waals surface area contributed by atoms with E-state index < -0.39 is 11.0 Å². The van der Waals surface area contributed by atoms with E-state index in [2.05, 4.69) is 0 Å². The molecule has 90 valence electrons. The van der Waals surface area contributed by atoms with Crippen LogP contribution >= 0.6 is 0 Å². The van der Waals surface area contributed by atoms with Gasteiger partial charge in [-0.05, 0) is 25.0 Å². The van der Waals surface area contributed by atoms with Crippen LogP contribution in [0.5, 0.6) is 0 Å². The molecule has 1 unspecified atom stereocenters. The van der Waals surface area contributed by atoms with Crippen molar-refractivity contribution >= 4 is 17.3 Å². The summed E-state index contributed by atoms with van der Waals surface area (Å²) in [5.74, 6) is -0.342.